The summed E-state index contributed by atoms with van der Waals surface area (Å²) in [6.07, 6.45) is 0. The minimum absolute atomic E-state index is 0.00983. The van der Waals surface area contributed by atoms with Gasteiger partial charge in [0.05, 0.1) is 10.5 Å². The van der Waals surface area contributed by atoms with Crippen molar-refractivity contribution < 1.29 is 9.66 Å². The molecule has 0 aliphatic rings. The van der Waals surface area contributed by atoms with E-state index in [2.05, 4.69) is 0 Å². The summed E-state index contributed by atoms with van der Waals surface area (Å²) >= 11 is 5.86. The third-order valence-electron chi connectivity index (χ3n) is 2.77. The van der Waals surface area contributed by atoms with Crippen molar-refractivity contribution in [2.75, 3.05) is 0 Å². The maximum absolute atomic E-state index is 10.9. The number of rotatable bonds is 5. The molecule has 0 heterocycles. The predicted octanol–water partition coefficient (Wildman–Crippen LogP) is 3.29. The molecule has 0 spiro atoms. The average Bonchev–Trinajstić information content (AvgIpc) is 2.45. The number of nitro groups is 1. The molecule has 2 aromatic rings. The van der Waals surface area contributed by atoms with E-state index in [0.717, 1.165) is 5.56 Å². The number of ether oxygens (including phenoxy) is 1. The Morgan fingerprint density at radius 3 is 2.75 bits per heavy atom. The van der Waals surface area contributed by atoms with Crippen molar-refractivity contribution in [3.05, 3.63) is 68.7 Å². The van der Waals surface area contributed by atoms with Crippen LogP contribution in [-0.2, 0) is 13.2 Å². The molecule has 0 amide bonds. The van der Waals surface area contributed by atoms with E-state index in [-0.39, 0.29) is 12.3 Å². The minimum atomic E-state index is -0.453. The van der Waals surface area contributed by atoms with Gasteiger partial charge in [0.25, 0.3) is 5.69 Å². The van der Waals surface area contributed by atoms with Gasteiger partial charge in [-0.25, -0.2) is 0 Å². The van der Waals surface area contributed by atoms with Crippen molar-refractivity contribution in [2.45, 2.75) is 13.2 Å². The molecule has 0 saturated heterocycles. The Morgan fingerprint density at radius 2 is 2.05 bits per heavy atom. The molecule has 5 nitrogen and oxygen atoms in total. The van der Waals surface area contributed by atoms with Gasteiger partial charge in [0, 0.05) is 17.6 Å². The summed E-state index contributed by atoms with van der Waals surface area (Å²) in [6.45, 7) is 0.486. The third-order valence-corrected chi connectivity index (χ3v) is 3.00. The monoisotopic (exact) mass is 292 g/mol. The van der Waals surface area contributed by atoms with Gasteiger partial charge in [-0.3, -0.25) is 10.1 Å². The van der Waals surface area contributed by atoms with Crippen LogP contribution in [0, 0.1) is 10.1 Å². The van der Waals surface area contributed by atoms with Crippen LogP contribution in [0.1, 0.15) is 11.1 Å². The first-order valence-corrected chi connectivity index (χ1v) is 6.32. The van der Waals surface area contributed by atoms with Gasteiger partial charge in [0.2, 0.25) is 0 Å². The van der Waals surface area contributed by atoms with Crippen LogP contribution in [0.5, 0.6) is 5.75 Å². The number of hydrogen-bond donors (Lipinski definition) is 1. The fourth-order valence-electron chi connectivity index (χ4n) is 1.77. The lowest BCUT2D eigenvalue weighted by Crippen LogP contribution is -2.01. The molecule has 0 unspecified atom stereocenters. The van der Waals surface area contributed by atoms with Gasteiger partial charge in [-0.1, -0.05) is 23.7 Å². The van der Waals surface area contributed by atoms with Gasteiger partial charge in [-0.15, -0.1) is 0 Å². The highest BCUT2D eigenvalue weighted by Crippen LogP contribution is 2.24. The van der Waals surface area contributed by atoms with E-state index < -0.39 is 4.92 Å². The number of halogens is 1. The summed E-state index contributed by atoms with van der Waals surface area (Å²) < 4.78 is 5.56. The van der Waals surface area contributed by atoms with E-state index in [0.29, 0.717) is 22.9 Å². The molecule has 2 N–H and O–H groups in total. The number of hydrogen-bond acceptors (Lipinski definition) is 4. The standard InChI is InChI=1S/C14H13ClN2O3/c15-12-4-5-14(17(18)19)11(7-12)9-20-13-3-1-2-10(6-13)8-16/h1-7H,8-9,16H2. The van der Waals surface area contributed by atoms with E-state index in [1.807, 2.05) is 12.1 Å². The van der Waals surface area contributed by atoms with Crippen molar-refractivity contribution in [3.63, 3.8) is 0 Å². The lowest BCUT2D eigenvalue weighted by atomic mass is 10.2. The summed E-state index contributed by atoms with van der Waals surface area (Å²) in [4.78, 5) is 10.5. The van der Waals surface area contributed by atoms with Crippen LogP contribution < -0.4 is 10.5 Å². The molecule has 0 aliphatic carbocycles. The lowest BCUT2D eigenvalue weighted by molar-refractivity contribution is -0.385. The van der Waals surface area contributed by atoms with Crippen molar-refractivity contribution in [1.29, 1.82) is 0 Å². The zero-order valence-electron chi connectivity index (χ0n) is 10.6. The average molecular weight is 293 g/mol. The van der Waals surface area contributed by atoms with E-state index >= 15 is 0 Å². The van der Waals surface area contributed by atoms with E-state index in [1.165, 1.54) is 18.2 Å². The lowest BCUT2D eigenvalue weighted by Gasteiger charge is -2.08. The molecule has 20 heavy (non-hydrogen) atoms. The highest BCUT2D eigenvalue weighted by Gasteiger charge is 2.14. The fourth-order valence-corrected chi connectivity index (χ4v) is 1.97. The number of benzene rings is 2. The molecule has 0 bridgehead atoms. The summed E-state index contributed by atoms with van der Waals surface area (Å²) in [6, 6.07) is 11.7. The van der Waals surface area contributed by atoms with E-state index in [9.17, 15) is 10.1 Å². The normalized spacial score (nSPS) is 10.3. The van der Waals surface area contributed by atoms with Gasteiger partial charge < -0.3 is 10.5 Å². The first kappa shape index (κ1) is 14.3. The van der Waals surface area contributed by atoms with Gasteiger partial charge in [-0.2, -0.15) is 0 Å². The van der Waals surface area contributed by atoms with Crippen molar-refractivity contribution >= 4 is 17.3 Å². The topological polar surface area (TPSA) is 78.4 Å². The Labute approximate surface area is 121 Å². The molecule has 2 aromatic carbocycles. The third kappa shape index (κ3) is 3.46. The van der Waals surface area contributed by atoms with Gasteiger partial charge in [-0.05, 0) is 29.8 Å². The molecule has 0 saturated carbocycles. The Bertz CT molecular complexity index is 632. The Kier molecular flexibility index (Phi) is 4.55. The van der Waals surface area contributed by atoms with Gasteiger partial charge in [0.15, 0.2) is 0 Å². The first-order chi connectivity index (χ1) is 9.60. The van der Waals surface area contributed by atoms with Gasteiger partial charge in [0.1, 0.15) is 12.4 Å². The maximum atomic E-state index is 10.9. The summed E-state index contributed by atoms with van der Waals surface area (Å²) in [5.74, 6) is 0.613. The highest BCUT2D eigenvalue weighted by atomic mass is 35.5. The van der Waals surface area contributed by atoms with Crippen LogP contribution in [0.15, 0.2) is 42.5 Å². The number of nitrogens with zero attached hydrogens (tertiary/aromatic N) is 1. The highest BCUT2D eigenvalue weighted by molar-refractivity contribution is 6.30. The predicted molar refractivity (Wildman–Crippen MR) is 76.8 cm³/mol. The number of nitro benzene ring substituents is 1. The first-order valence-electron chi connectivity index (χ1n) is 5.95. The zero-order chi connectivity index (χ0) is 14.5. The molecule has 6 heteroatoms. The zero-order valence-corrected chi connectivity index (χ0v) is 11.3. The van der Waals surface area contributed by atoms with Crippen molar-refractivity contribution in [1.82, 2.24) is 0 Å². The van der Waals surface area contributed by atoms with Crippen LogP contribution in [0.4, 0.5) is 5.69 Å². The van der Waals surface area contributed by atoms with Crippen LogP contribution in [-0.4, -0.2) is 4.92 Å². The molecule has 0 aliphatic heterocycles. The van der Waals surface area contributed by atoms with Crippen LogP contribution in [0.2, 0.25) is 5.02 Å². The summed E-state index contributed by atoms with van der Waals surface area (Å²) in [5.41, 5.74) is 6.90. The molecule has 0 aromatic heterocycles. The van der Waals surface area contributed by atoms with Crippen molar-refractivity contribution in [3.8, 4) is 5.75 Å². The second-order valence-electron chi connectivity index (χ2n) is 4.17. The number of nitrogens with two attached hydrogens (primary N) is 1. The largest absolute Gasteiger partial charge is 0.489 e. The molecular weight excluding hydrogens is 280 g/mol. The summed E-state index contributed by atoms with van der Waals surface area (Å²) in [7, 11) is 0. The van der Waals surface area contributed by atoms with Crippen LogP contribution in [0.25, 0.3) is 0 Å². The second kappa shape index (κ2) is 6.36. The fraction of sp³-hybridized carbons (Fsp3) is 0.143. The molecule has 0 radical (unpaired) electrons. The molecule has 0 fully saturated rings. The molecule has 0 atom stereocenters. The maximum Gasteiger partial charge on any atom is 0.276 e. The van der Waals surface area contributed by atoms with E-state index in [4.69, 9.17) is 22.1 Å². The second-order valence-corrected chi connectivity index (χ2v) is 4.61. The molecule has 2 rings (SSSR count). The van der Waals surface area contributed by atoms with Crippen LogP contribution >= 0.6 is 11.6 Å². The molecule has 104 valence electrons. The SMILES string of the molecule is NCc1cccc(OCc2cc(Cl)ccc2[N+](=O)[O-])c1. The minimum Gasteiger partial charge on any atom is -0.489 e. The Balaban J connectivity index is 2.17. The van der Waals surface area contributed by atoms with E-state index in [1.54, 1.807) is 12.1 Å². The summed E-state index contributed by atoms with van der Waals surface area (Å²) in [5, 5.41) is 11.4. The molecular formula is C14H13ClN2O3. The quantitative estimate of drug-likeness (QED) is 0.677. The van der Waals surface area contributed by atoms with Gasteiger partial charge >= 0.3 is 0 Å². The Morgan fingerprint density at radius 1 is 1.25 bits per heavy atom. The van der Waals surface area contributed by atoms with Crippen LogP contribution in [0.3, 0.4) is 0 Å². The smallest absolute Gasteiger partial charge is 0.276 e. The Hall–Kier alpha value is -2.11. The van der Waals surface area contributed by atoms with Crippen molar-refractivity contribution in [2.24, 2.45) is 5.73 Å².